The summed E-state index contributed by atoms with van der Waals surface area (Å²) in [7, 11) is 0. The van der Waals surface area contributed by atoms with Crippen molar-refractivity contribution in [3.8, 4) is 11.1 Å². The van der Waals surface area contributed by atoms with Gasteiger partial charge in [0.1, 0.15) is 0 Å². The van der Waals surface area contributed by atoms with E-state index in [9.17, 15) is 10.5 Å². The first-order valence-corrected chi connectivity index (χ1v) is 4.15. The highest BCUT2D eigenvalue weighted by molar-refractivity contribution is 5.73. The summed E-state index contributed by atoms with van der Waals surface area (Å²) in [4.78, 5) is 11.0. The van der Waals surface area contributed by atoms with Crippen molar-refractivity contribution in [1.29, 1.82) is 0 Å². The predicted molar refractivity (Wildman–Crippen MR) is 52.2 cm³/mol. The zero-order valence-electron chi connectivity index (χ0n) is 7.31. The Morgan fingerprint density at radius 2 is 1.79 bits per heavy atom. The van der Waals surface area contributed by atoms with E-state index in [0.717, 1.165) is 5.56 Å². The SMILES string of the molecule is [N]c1c(-c2ccccc2)ccoc1=O. The Bertz CT molecular complexity index is 488. The van der Waals surface area contributed by atoms with Crippen LogP contribution in [0.25, 0.3) is 11.1 Å². The van der Waals surface area contributed by atoms with Crippen LogP contribution < -0.4 is 11.4 Å². The second-order valence-corrected chi connectivity index (χ2v) is 2.84. The molecule has 2 radical (unpaired) electrons. The van der Waals surface area contributed by atoms with E-state index in [4.69, 9.17) is 0 Å². The highest BCUT2D eigenvalue weighted by atomic mass is 16.4. The summed E-state index contributed by atoms with van der Waals surface area (Å²) in [6.07, 6.45) is 1.27. The maximum atomic E-state index is 11.0. The van der Waals surface area contributed by atoms with E-state index in [1.165, 1.54) is 6.26 Å². The molecule has 0 aliphatic rings. The van der Waals surface area contributed by atoms with Crippen LogP contribution in [0.2, 0.25) is 0 Å². The molecule has 0 aliphatic carbocycles. The Kier molecular flexibility index (Phi) is 2.07. The van der Waals surface area contributed by atoms with Crippen molar-refractivity contribution in [1.82, 2.24) is 5.73 Å². The molecule has 0 saturated carbocycles. The van der Waals surface area contributed by atoms with Gasteiger partial charge in [0.05, 0.1) is 6.26 Å². The highest BCUT2D eigenvalue weighted by Gasteiger charge is 2.07. The fourth-order valence-electron chi connectivity index (χ4n) is 1.26. The molecule has 68 valence electrons. The first-order valence-electron chi connectivity index (χ1n) is 4.15. The Morgan fingerprint density at radius 1 is 1.07 bits per heavy atom. The normalized spacial score (nSPS) is 10.0. The minimum Gasteiger partial charge on any atom is -0.430 e. The van der Waals surface area contributed by atoms with Gasteiger partial charge in [-0.2, -0.15) is 0 Å². The van der Waals surface area contributed by atoms with Crippen LogP contribution in [0.1, 0.15) is 0 Å². The fraction of sp³-hybridized carbons (Fsp3) is 0. The minimum atomic E-state index is -0.716. The first kappa shape index (κ1) is 8.56. The Labute approximate surface area is 80.8 Å². The number of rotatable bonds is 1. The lowest BCUT2D eigenvalue weighted by molar-refractivity contribution is 0.512. The molecular formula is C11H7NO2. The molecule has 1 heterocycles. The van der Waals surface area contributed by atoms with Crippen LogP contribution in [-0.4, -0.2) is 0 Å². The van der Waals surface area contributed by atoms with Crippen molar-refractivity contribution in [3.63, 3.8) is 0 Å². The molecule has 0 bridgehead atoms. The van der Waals surface area contributed by atoms with Crippen LogP contribution in [0.3, 0.4) is 0 Å². The van der Waals surface area contributed by atoms with Gasteiger partial charge in [0.25, 0.3) is 0 Å². The van der Waals surface area contributed by atoms with Crippen molar-refractivity contribution in [2.45, 2.75) is 0 Å². The van der Waals surface area contributed by atoms with Crippen LogP contribution in [-0.2, 0) is 0 Å². The van der Waals surface area contributed by atoms with Crippen molar-refractivity contribution in [2.75, 3.05) is 0 Å². The van der Waals surface area contributed by atoms with Gasteiger partial charge in [-0.05, 0) is 11.6 Å². The second kappa shape index (κ2) is 3.38. The average Bonchev–Trinajstić information content (AvgIpc) is 2.23. The molecule has 2 rings (SSSR count). The topological polar surface area (TPSA) is 52.5 Å². The van der Waals surface area contributed by atoms with Gasteiger partial charge in [-0.1, -0.05) is 30.3 Å². The van der Waals surface area contributed by atoms with Gasteiger partial charge >= 0.3 is 5.63 Å². The quantitative estimate of drug-likeness (QED) is 0.682. The van der Waals surface area contributed by atoms with Crippen molar-refractivity contribution < 1.29 is 4.42 Å². The summed E-state index contributed by atoms with van der Waals surface area (Å²) < 4.78 is 4.51. The molecule has 0 spiro atoms. The fourth-order valence-corrected chi connectivity index (χ4v) is 1.26. The zero-order valence-corrected chi connectivity index (χ0v) is 7.31. The predicted octanol–water partition coefficient (Wildman–Crippen LogP) is 2.01. The van der Waals surface area contributed by atoms with E-state index < -0.39 is 5.63 Å². The lowest BCUT2D eigenvalue weighted by Crippen LogP contribution is -2.00. The maximum Gasteiger partial charge on any atom is 0.364 e. The molecule has 0 aliphatic heterocycles. The van der Waals surface area contributed by atoms with Crippen molar-refractivity contribution >= 4 is 5.69 Å². The molecule has 3 heteroatoms. The van der Waals surface area contributed by atoms with Gasteiger partial charge in [0.15, 0.2) is 5.69 Å². The van der Waals surface area contributed by atoms with Gasteiger partial charge in [-0.25, -0.2) is 4.79 Å². The van der Waals surface area contributed by atoms with Gasteiger partial charge in [0.2, 0.25) is 0 Å². The minimum absolute atomic E-state index is 0.348. The summed E-state index contributed by atoms with van der Waals surface area (Å²) in [5, 5.41) is 0. The smallest absolute Gasteiger partial charge is 0.364 e. The Hall–Kier alpha value is -2.03. The molecule has 2 aromatic rings. The highest BCUT2D eigenvalue weighted by Crippen LogP contribution is 2.22. The van der Waals surface area contributed by atoms with Crippen molar-refractivity contribution in [2.24, 2.45) is 0 Å². The van der Waals surface area contributed by atoms with Crippen LogP contribution in [0, 0.1) is 0 Å². The molecule has 1 aromatic carbocycles. The van der Waals surface area contributed by atoms with E-state index in [2.05, 4.69) is 4.42 Å². The molecule has 1 aromatic heterocycles. The average molecular weight is 185 g/mol. The molecule has 0 amide bonds. The van der Waals surface area contributed by atoms with E-state index >= 15 is 0 Å². The van der Waals surface area contributed by atoms with E-state index in [0.29, 0.717) is 5.56 Å². The Morgan fingerprint density at radius 3 is 2.50 bits per heavy atom. The molecule has 0 atom stereocenters. The van der Waals surface area contributed by atoms with Crippen LogP contribution in [0.4, 0.5) is 5.69 Å². The van der Waals surface area contributed by atoms with Gasteiger partial charge in [-0.15, -0.1) is 5.73 Å². The van der Waals surface area contributed by atoms with Crippen LogP contribution in [0.15, 0.2) is 51.9 Å². The summed E-state index contributed by atoms with van der Waals surface area (Å²) in [5.74, 6) is 0. The largest absolute Gasteiger partial charge is 0.430 e. The molecule has 14 heavy (non-hydrogen) atoms. The lowest BCUT2D eigenvalue weighted by Gasteiger charge is -2.00. The molecule has 0 saturated heterocycles. The third-order valence-electron chi connectivity index (χ3n) is 1.94. The number of benzene rings is 1. The van der Waals surface area contributed by atoms with Gasteiger partial charge in [-0.3, -0.25) is 0 Å². The van der Waals surface area contributed by atoms with Crippen LogP contribution >= 0.6 is 0 Å². The first-order chi connectivity index (χ1) is 6.79. The van der Waals surface area contributed by atoms with Crippen molar-refractivity contribution in [3.05, 3.63) is 53.1 Å². The van der Waals surface area contributed by atoms with E-state index in [1.807, 2.05) is 30.3 Å². The summed E-state index contributed by atoms with van der Waals surface area (Å²) in [6, 6.07) is 10.7. The third kappa shape index (κ3) is 1.40. The molecular weight excluding hydrogens is 178 g/mol. The summed E-state index contributed by atoms with van der Waals surface area (Å²) in [5.41, 5.74) is 9.66. The molecule has 0 N–H and O–H groups in total. The van der Waals surface area contributed by atoms with Crippen LogP contribution in [0.5, 0.6) is 0 Å². The number of hydrogen-bond acceptors (Lipinski definition) is 2. The van der Waals surface area contributed by atoms with E-state index in [1.54, 1.807) is 6.07 Å². The van der Waals surface area contributed by atoms with E-state index in [-0.39, 0.29) is 5.69 Å². The zero-order chi connectivity index (χ0) is 9.97. The maximum absolute atomic E-state index is 11.0. The lowest BCUT2D eigenvalue weighted by atomic mass is 10.1. The standard InChI is InChI=1S/C11H7NO2/c12-10-9(6-7-14-11(10)13)8-4-2-1-3-5-8/h1-7H. The molecule has 3 nitrogen and oxygen atoms in total. The number of nitrogens with zero attached hydrogens (tertiary/aromatic N) is 1. The summed E-state index contributed by atoms with van der Waals surface area (Å²) in [6.45, 7) is 0. The second-order valence-electron chi connectivity index (χ2n) is 2.84. The van der Waals surface area contributed by atoms with Gasteiger partial charge < -0.3 is 4.42 Å². The monoisotopic (exact) mass is 185 g/mol. The van der Waals surface area contributed by atoms with Gasteiger partial charge in [0, 0.05) is 5.56 Å². The number of hydrogen-bond donors (Lipinski definition) is 0. The Balaban J connectivity index is 2.64. The summed E-state index contributed by atoms with van der Waals surface area (Å²) >= 11 is 0. The molecule has 0 fully saturated rings. The third-order valence-corrected chi connectivity index (χ3v) is 1.94. The molecule has 0 unspecified atom stereocenters.